The van der Waals surface area contributed by atoms with Crippen molar-refractivity contribution < 1.29 is 0 Å². The molecule has 0 amide bonds. The lowest BCUT2D eigenvalue weighted by molar-refractivity contribution is 0.566. The van der Waals surface area contributed by atoms with E-state index in [2.05, 4.69) is 55.3 Å². The number of nitrogens with zero attached hydrogens (tertiary/aromatic N) is 2. The smallest absolute Gasteiger partial charge is 0.125 e. The van der Waals surface area contributed by atoms with E-state index in [0.29, 0.717) is 0 Å². The van der Waals surface area contributed by atoms with Crippen LogP contribution in [0.1, 0.15) is 37.7 Å². The van der Waals surface area contributed by atoms with Crippen LogP contribution in [0.4, 0.5) is 5.82 Å². The number of aromatic nitrogens is 2. The van der Waals surface area contributed by atoms with Gasteiger partial charge in [0.2, 0.25) is 0 Å². The van der Waals surface area contributed by atoms with Crippen LogP contribution < -0.4 is 5.32 Å². The van der Waals surface area contributed by atoms with Crippen LogP contribution in [0, 0.1) is 0 Å². The van der Waals surface area contributed by atoms with Gasteiger partial charge in [0, 0.05) is 36.5 Å². The molecule has 2 rings (SSSR count). The molecular weight excluding hydrogens is 234 g/mol. The van der Waals surface area contributed by atoms with Crippen molar-refractivity contribution in [2.24, 2.45) is 0 Å². The minimum Gasteiger partial charge on any atom is -0.373 e. The van der Waals surface area contributed by atoms with E-state index in [0.717, 1.165) is 23.6 Å². The van der Waals surface area contributed by atoms with E-state index >= 15 is 0 Å². The van der Waals surface area contributed by atoms with Gasteiger partial charge < -0.3 is 5.32 Å². The summed E-state index contributed by atoms with van der Waals surface area (Å²) in [4.78, 5) is 8.98. The van der Waals surface area contributed by atoms with Crippen LogP contribution in [-0.2, 0) is 11.8 Å². The molecule has 100 valence electrons. The van der Waals surface area contributed by atoms with Gasteiger partial charge in [0.05, 0.1) is 0 Å². The van der Waals surface area contributed by atoms with Gasteiger partial charge in [0.1, 0.15) is 5.82 Å². The average Bonchev–Trinajstić information content (AvgIpc) is 2.38. The molecule has 0 unspecified atom stereocenters. The molecule has 2 aromatic heterocycles. The Labute approximate surface area is 115 Å². The summed E-state index contributed by atoms with van der Waals surface area (Å²) in [5, 5.41) is 3.06. The first kappa shape index (κ1) is 13.5. The third kappa shape index (κ3) is 3.53. The third-order valence-electron chi connectivity index (χ3n) is 3.04. The van der Waals surface area contributed by atoms with Crippen molar-refractivity contribution in [2.75, 3.05) is 12.4 Å². The first-order valence-electron chi connectivity index (χ1n) is 6.58. The standard InChI is InChI=1S/C16H21N3/c1-16(2,3)14-7-5-6-13(19-14)10-12-8-9-18-15(11-12)17-4/h5-9,11H,10H2,1-4H3,(H,17,18). The fraction of sp³-hybridized carbons (Fsp3) is 0.375. The Hall–Kier alpha value is -1.90. The lowest BCUT2D eigenvalue weighted by Crippen LogP contribution is -2.14. The molecule has 0 saturated heterocycles. The summed E-state index contributed by atoms with van der Waals surface area (Å²) >= 11 is 0. The van der Waals surface area contributed by atoms with E-state index in [9.17, 15) is 0 Å². The summed E-state index contributed by atoms with van der Waals surface area (Å²) in [5.41, 5.74) is 3.54. The van der Waals surface area contributed by atoms with E-state index < -0.39 is 0 Å². The van der Waals surface area contributed by atoms with Crippen LogP contribution in [0.3, 0.4) is 0 Å². The molecule has 3 heteroatoms. The fourth-order valence-electron chi connectivity index (χ4n) is 1.93. The Morgan fingerprint density at radius 3 is 2.63 bits per heavy atom. The zero-order chi connectivity index (χ0) is 13.9. The van der Waals surface area contributed by atoms with Gasteiger partial charge in [-0.15, -0.1) is 0 Å². The molecule has 1 N–H and O–H groups in total. The van der Waals surface area contributed by atoms with Crippen molar-refractivity contribution in [2.45, 2.75) is 32.6 Å². The second-order valence-electron chi connectivity index (χ2n) is 5.74. The van der Waals surface area contributed by atoms with Crippen molar-refractivity contribution in [3.8, 4) is 0 Å². The summed E-state index contributed by atoms with van der Waals surface area (Å²) in [6, 6.07) is 10.4. The minimum atomic E-state index is 0.0877. The normalized spacial score (nSPS) is 11.4. The zero-order valence-corrected chi connectivity index (χ0v) is 12.1. The molecule has 0 spiro atoms. The van der Waals surface area contributed by atoms with E-state index in [-0.39, 0.29) is 5.41 Å². The molecular formula is C16H21N3. The van der Waals surface area contributed by atoms with Gasteiger partial charge in [0.15, 0.2) is 0 Å². The van der Waals surface area contributed by atoms with Gasteiger partial charge in [-0.3, -0.25) is 4.98 Å². The first-order valence-corrected chi connectivity index (χ1v) is 6.58. The Morgan fingerprint density at radius 2 is 1.95 bits per heavy atom. The Bertz CT molecular complexity index is 556. The summed E-state index contributed by atoms with van der Waals surface area (Å²) in [6.07, 6.45) is 2.66. The highest BCUT2D eigenvalue weighted by molar-refractivity contribution is 5.38. The second kappa shape index (κ2) is 5.39. The molecule has 2 aromatic rings. The fourth-order valence-corrected chi connectivity index (χ4v) is 1.93. The quantitative estimate of drug-likeness (QED) is 0.913. The lowest BCUT2D eigenvalue weighted by Gasteiger charge is -2.18. The highest BCUT2D eigenvalue weighted by Crippen LogP contribution is 2.20. The van der Waals surface area contributed by atoms with Crippen molar-refractivity contribution in [3.63, 3.8) is 0 Å². The lowest BCUT2D eigenvalue weighted by atomic mass is 9.91. The molecule has 0 aromatic carbocycles. The van der Waals surface area contributed by atoms with Crippen molar-refractivity contribution >= 4 is 5.82 Å². The largest absolute Gasteiger partial charge is 0.373 e. The van der Waals surface area contributed by atoms with E-state index in [1.165, 1.54) is 5.56 Å². The highest BCUT2D eigenvalue weighted by Gasteiger charge is 2.15. The molecule has 0 bridgehead atoms. The van der Waals surface area contributed by atoms with Crippen molar-refractivity contribution in [1.82, 2.24) is 9.97 Å². The van der Waals surface area contributed by atoms with Crippen LogP contribution in [0.25, 0.3) is 0 Å². The molecule has 0 aliphatic heterocycles. The molecule has 0 aliphatic carbocycles. The number of hydrogen-bond acceptors (Lipinski definition) is 3. The number of anilines is 1. The monoisotopic (exact) mass is 255 g/mol. The SMILES string of the molecule is CNc1cc(Cc2cccc(C(C)(C)C)n2)ccn1. The van der Waals surface area contributed by atoms with Gasteiger partial charge in [0.25, 0.3) is 0 Å². The van der Waals surface area contributed by atoms with Crippen LogP contribution in [0.15, 0.2) is 36.5 Å². The van der Waals surface area contributed by atoms with Crippen LogP contribution in [0.2, 0.25) is 0 Å². The van der Waals surface area contributed by atoms with Crippen molar-refractivity contribution in [1.29, 1.82) is 0 Å². The van der Waals surface area contributed by atoms with Gasteiger partial charge >= 0.3 is 0 Å². The van der Waals surface area contributed by atoms with Gasteiger partial charge in [-0.25, -0.2) is 4.98 Å². The summed E-state index contributed by atoms with van der Waals surface area (Å²) < 4.78 is 0. The maximum Gasteiger partial charge on any atom is 0.125 e. The molecule has 2 heterocycles. The minimum absolute atomic E-state index is 0.0877. The van der Waals surface area contributed by atoms with Gasteiger partial charge in [-0.2, -0.15) is 0 Å². The Balaban J connectivity index is 2.23. The first-order chi connectivity index (χ1) is 8.99. The second-order valence-corrected chi connectivity index (χ2v) is 5.74. The van der Waals surface area contributed by atoms with Crippen LogP contribution in [0.5, 0.6) is 0 Å². The predicted octanol–water partition coefficient (Wildman–Crippen LogP) is 3.41. The molecule has 0 fully saturated rings. The molecule has 0 radical (unpaired) electrons. The molecule has 3 nitrogen and oxygen atoms in total. The Morgan fingerprint density at radius 1 is 1.16 bits per heavy atom. The topological polar surface area (TPSA) is 37.8 Å². The molecule has 19 heavy (non-hydrogen) atoms. The van der Waals surface area contributed by atoms with Crippen molar-refractivity contribution in [3.05, 3.63) is 53.5 Å². The van der Waals surface area contributed by atoms with E-state index in [4.69, 9.17) is 4.98 Å². The highest BCUT2D eigenvalue weighted by atomic mass is 14.9. The number of rotatable bonds is 3. The van der Waals surface area contributed by atoms with Gasteiger partial charge in [-0.1, -0.05) is 26.8 Å². The maximum atomic E-state index is 4.75. The number of nitrogens with one attached hydrogen (secondary N) is 1. The summed E-state index contributed by atoms with van der Waals surface area (Å²) in [6.45, 7) is 6.56. The summed E-state index contributed by atoms with van der Waals surface area (Å²) in [5.74, 6) is 0.893. The van der Waals surface area contributed by atoms with Gasteiger partial charge in [-0.05, 0) is 29.8 Å². The van der Waals surface area contributed by atoms with E-state index in [1.807, 2.05) is 19.3 Å². The van der Waals surface area contributed by atoms with Crippen LogP contribution in [-0.4, -0.2) is 17.0 Å². The molecule has 0 saturated carbocycles. The zero-order valence-electron chi connectivity index (χ0n) is 12.1. The molecule has 0 aliphatic rings. The van der Waals surface area contributed by atoms with E-state index in [1.54, 1.807) is 0 Å². The number of hydrogen-bond donors (Lipinski definition) is 1. The Kier molecular flexibility index (Phi) is 3.84. The maximum absolute atomic E-state index is 4.75. The summed E-state index contributed by atoms with van der Waals surface area (Å²) in [7, 11) is 1.88. The average molecular weight is 255 g/mol. The predicted molar refractivity (Wildman–Crippen MR) is 79.5 cm³/mol. The third-order valence-corrected chi connectivity index (χ3v) is 3.04. The number of pyridine rings is 2. The van der Waals surface area contributed by atoms with Crippen LogP contribution >= 0.6 is 0 Å². The molecule has 0 atom stereocenters.